The predicted octanol–water partition coefficient (Wildman–Crippen LogP) is 8.94. The minimum absolute atomic E-state index is 0.638. The lowest BCUT2D eigenvalue weighted by molar-refractivity contribution is 1.07. The summed E-state index contributed by atoms with van der Waals surface area (Å²) in [6.45, 7) is 0. The average Bonchev–Trinajstić information content (AvgIpc) is 3.52. The Bertz CT molecular complexity index is 2170. The lowest BCUT2D eigenvalue weighted by atomic mass is 10.0. The van der Waals surface area contributed by atoms with Crippen molar-refractivity contribution in [3.63, 3.8) is 0 Å². The molecule has 212 valence electrons. The first-order chi connectivity index (χ1) is 22.3. The number of hydrogen-bond donors (Lipinski definition) is 0. The number of hydrogen-bond acceptors (Lipinski definition) is 5. The van der Waals surface area contributed by atoms with Crippen LogP contribution < -0.4 is 0 Å². The van der Waals surface area contributed by atoms with Gasteiger partial charge in [0.05, 0.1) is 11.0 Å². The van der Waals surface area contributed by atoms with Crippen LogP contribution >= 0.6 is 0 Å². The van der Waals surface area contributed by atoms with Crippen molar-refractivity contribution in [1.29, 1.82) is 0 Å². The number of rotatable bonds is 6. The summed E-state index contributed by atoms with van der Waals surface area (Å²) in [5.74, 6) is 2.75. The summed E-state index contributed by atoms with van der Waals surface area (Å²) < 4.78 is 2.17. The first-order valence-electron chi connectivity index (χ1n) is 14.8. The molecule has 0 N–H and O–H groups in total. The highest BCUT2D eigenvalue weighted by Crippen LogP contribution is 2.30. The molecule has 6 nitrogen and oxygen atoms in total. The van der Waals surface area contributed by atoms with Gasteiger partial charge in [-0.1, -0.05) is 115 Å². The van der Waals surface area contributed by atoms with Crippen LogP contribution in [-0.4, -0.2) is 29.5 Å². The summed E-state index contributed by atoms with van der Waals surface area (Å²) in [6, 6.07) is 51.1. The molecule has 6 heteroatoms. The minimum Gasteiger partial charge on any atom is -0.291 e. The normalized spacial score (nSPS) is 11.1. The van der Waals surface area contributed by atoms with Crippen LogP contribution in [0.2, 0.25) is 0 Å². The number of benzene rings is 5. The maximum absolute atomic E-state index is 4.91. The number of nitrogens with zero attached hydrogens (tertiary/aromatic N) is 6. The molecule has 0 saturated heterocycles. The van der Waals surface area contributed by atoms with E-state index in [0.717, 1.165) is 56.1 Å². The zero-order valence-corrected chi connectivity index (χ0v) is 24.2. The van der Waals surface area contributed by atoms with Gasteiger partial charge in [-0.15, -0.1) is 0 Å². The van der Waals surface area contributed by atoms with Crippen molar-refractivity contribution in [2.75, 3.05) is 0 Å². The van der Waals surface area contributed by atoms with Crippen molar-refractivity contribution in [2.45, 2.75) is 0 Å². The quantitative estimate of drug-likeness (QED) is 0.197. The van der Waals surface area contributed by atoms with Crippen molar-refractivity contribution >= 4 is 11.0 Å². The van der Waals surface area contributed by atoms with Gasteiger partial charge in [0.1, 0.15) is 5.69 Å². The molecule has 0 fully saturated rings. The van der Waals surface area contributed by atoms with Crippen molar-refractivity contribution < 1.29 is 0 Å². The molecule has 3 aromatic heterocycles. The van der Waals surface area contributed by atoms with E-state index in [1.165, 1.54) is 0 Å². The van der Waals surface area contributed by atoms with Gasteiger partial charge in [-0.05, 0) is 47.5 Å². The van der Waals surface area contributed by atoms with Gasteiger partial charge in [-0.3, -0.25) is 9.55 Å². The second-order valence-electron chi connectivity index (χ2n) is 10.6. The fourth-order valence-electron chi connectivity index (χ4n) is 5.51. The molecule has 5 aromatic carbocycles. The molecule has 0 atom stereocenters. The topological polar surface area (TPSA) is 69.4 Å². The van der Waals surface area contributed by atoms with Crippen LogP contribution in [0, 0.1) is 0 Å². The monoisotopic (exact) mass is 578 g/mol. The van der Waals surface area contributed by atoms with Crippen molar-refractivity contribution in [1.82, 2.24) is 29.5 Å². The minimum atomic E-state index is 0.638. The average molecular weight is 579 g/mol. The number of aromatic nitrogens is 6. The van der Waals surface area contributed by atoms with E-state index in [4.69, 9.17) is 19.9 Å². The second kappa shape index (κ2) is 11.4. The van der Waals surface area contributed by atoms with Gasteiger partial charge in [-0.2, -0.15) is 0 Å². The van der Waals surface area contributed by atoms with Crippen LogP contribution in [0.1, 0.15) is 0 Å². The molecule has 45 heavy (non-hydrogen) atoms. The highest BCUT2D eigenvalue weighted by molar-refractivity contribution is 5.83. The first-order valence-corrected chi connectivity index (χ1v) is 14.8. The molecule has 0 aliphatic rings. The van der Waals surface area contributed by atoms with Gasteiger partial charge in [0, 0.05) is 28.6 Å². The molecule has 0 amide bonds. The molecule has 0 spiro atoms. The Balaban J connectivity index is 1.14. The third-order valence-corrected chi connectivity index (χ3v) is 7.76. The predicted molar refractivity (Wildman–Crippen MR) is 179 cm³/mol. The second-order valence-corrected chi connectivity index (χ2v) is 10.6. The van der Waals surface area contributed by atoms with Crippen molar-refractivity contribution in [3.05, 3.63) is 158 Å². The van der Waals surface area contributed by atoms with E-state index < -0.39 is 0 Å². The van der Waals surface area contributed by atoms with Crippen LogP contribution in [0.25, 0.3) is 73.5 Å². The molecule has 8 rings (SSSR count). The Labute approximate surface area is 260 Å². The van der Waals surface area contributed by atoms with Crippen LogP contribution in [0.4, 0.5) is 0 Å². The van der Waals surface area contributed by atoms with Crippen LogP contribution in [0.3, 0.4) is 0 Å². The smallest absolute Gasteiger partial charge is 0.164 e. The maximum Gasteiger partial charge on any atom is 0.164 e. The van der Waals surface area contributed by atoms with Gasteiger partial charge in [0.15, 0.2) is 23.3 Å². The summed E-state index contributed by atoms with van der Waals surface area (Å²) in [5, 5.41) is 0. The summed E-state index contributed by atoms with van der Waals surface area (Å²) in [7, 11) is 0. The van der Waals surface area contributed by atoms with Crippen LogP contribution in [0.5, 0.6) is 0 Å². The molecule has 0 radical (unpaired) electrons. The van der Waals surface area contributed by atoms with E-state index in [2.05, 4.69) is 64.1 Å². The summed E-state index contributed by atoms with van der Waals surface area (Å²) in [5.41, 5.74) is 8.87. The number of para-hydroxylation sites is 2. The fraction of sp³-hybridized carbons (Fsp3) is 0. The van der Waals surface area contributed by atoms with Gasteiger partial charge in [0.2, 0.25) is 0 Å². The van der Waals surface area contributed by atoms with Crippen LogP contribution in [0.15, 0.2) is 158 Å². The van der Waals surface area contributed by atoms with Gasteiger partial charge < -0.3 is 0 Å². The molecule has 0 bridgehead atoms. The van der Waals surface area contributed by atoms with E-state index in [0.29, 0.717) is 17.5 Å². The Morgan fingerprint density at radius 3 is 1.44 bits per heavy atom. The lowest BCUT2D eigenvalue weighted by Crippen LogP contribution is -2.00. The molecule has 0 aliphatic heterocycles. The number of pyridine rings is 1. The zero-order valence-electron chi connectivity index (χ0n) is 24.2. The Morgan fingerprint density at radius 1 is 0.378 bits per heavy atom. The van der Waals surface area contributed by atoms with Gasteiger partial charge in [-0.25, -0.2) is 19.9 Å². The van der Waals surface area contributed by atoms with Crippen LogP contribution in [-0.2, 0) is 0 Å². The fourth-order valence-corrected chi connectivity index (χ4v) is 5.51. The Kier molecular flexibility index (Phi) is 6.70. The van der Waals surface area contributed by atoms with Crippen molar-refractivity contribution in [3.8, 4) is 62.5 Å². The molecular weight excluding hydrogens is 552 g/mol. The molecule has 0 unspecified atom stereocenters. The number of imidazole rings is 1. The molecule has 8 aromatic rings. The SMILES string of the molecule is c1ccc(-c2nc(-c3ccccc3)nc(-c3ccc(-c4ccc(-n5c(-c6ccccn6)nc6ccccc65)cc4)cc3)n2)cc1. The van der Waals surface area contributed by atoms with Gasteiger partial charge >= 0.3 is 0 Å². The molecule has 0 aliphatic carbocycles. The molecule has 3 heterocycles. The Hall–Kier alpha value is -6.27. The largest absolute Gasteiger partial charge is 0.291 e. The lowest BCUT2D eigenvalue weighted by Gasteiger charge is -2.11. The maximum atomic E-state index is 4.91. The summed E-state index contributed by atoms with van der Waals surface area (Å²) in [4.78, 5) is 24.0. The van der Waals surface area contributed by atoms with Gasteiger partial charge in [0.25, 0.3) is 0 Å². The van der Waals surface area contributed by atoms with E-state index in [-0.39, 0.29) is 0 Å². The molecular formula is C39H26N6. The summed E-state index contributed by atoms with van der Waals surface area (Å²) >= 11 is 0. The number of fused-ring (bicyclic) bond motifs is 1. The zero-order chi connectivity index (χ0) is 30.0. The third-order valence-electron chi connectivity index (χ3n) is 7.76. The van der Waals surface area contributed by atoms with E-state index in [1.807, 2.05) is 97.1 Å². The highest BCUT2D eigenvalue weighted by Gasteiger charge is 2.16. The standard InChI is InChI=1S/C39H26N6/c1-3-11-29(12-4-1)36-42-37(30-13-5-2-6-14-30)44-38(43-36)31-20-18-27(19-21-31)28-22-24-32(25-23-28)45-35-17-8-7-15-33(35)41-39(45)34-16-9-10-26-40-34/h1-26H. The van der Waals surface area contributed by atoms with E-state index in [9.17, 15) is 0 Å². The third kappa shape index (κ3) is 5.15. The highest BCUT2D eigenvalue weighted by atomic mass is 15.1. The van der Waals surface area contributed by atoms with E-state index in [1.54, 1.807) is 6.20 Å². The molecule has 0 saturated carbocycles. The Morgan fingerprint density at radius 2 is 0.867 bits per heavy atom. The summed E-state index contributed by atoms with van der Waals surface area (Å²) in [6.07, 6.45) is 1.80. The van der Waals surface area contributed by atoms with E-state index >= 15 is 0 Å². The first kappa shape index (κ1) is 26.4. The van der Waals surface area contributed by atoms with Crippen molar-refractivity contribution in [2.24, 2.45) is 0 Å².